The Kier molecular flexibility index (Phi) is 4.57. The Labute approximate surface area is 146 Å². The van der Waals surface area contributed by atoms with Crippen LogP contribution in [0.2, 0.25) is 0 Å². The normalized spacial score (nSPS) is 11.9. The number of rotatable bonds is 5. The molecule has 2 aromatic carbocycles. The molecule has 1 aromatic heterocycles. The third-order valence-electron chi connectivity index (χ3n) is 3.36. The molecule has 122 valence electrons. The van der Waals surface area contributed by atoms with Gasteiger partial charge in [0.25, 0.3) is 5.69 Å². The molecule has 0 unspecified atom stereocenters. The molecule has 3 rings (SSSR count). The molecule has 0 bridgehead atoms. The van der Waals surface area contributed by atoms with Crippen molar-refractivity contribution in [2.75, 3.05) is 5.32 Å². The van der Waals surface area contributed by atoms with Crippen molar-refractivity contribution in [3.8, 4) is 11.5 Å². The molecule has 0 saturated heterocycles. The zero-order chi connectivity index (χ0) is 17.1. The summed E-state index contributed by atoms with van der Waals surface area (Å²) >= 11 is 3.39. The summed E-state index contributed by atoms with van der Waals surface area (Å²) in [6, 6.07) is 13.6. The van der Waals surface area contributed by atoms with Gasteiger partial charge in [-0.15, -0.1) is 10.2 Å². The summed E-state index contributed by atoms with van der Waals surface area (Å²) in [6.45, 7) is 1.91. The predicted octanol–water partition coefficient (Wildman–Crippen LogP) is 4.58. The van der Waals surface area contributed by atoms with Crippen molar-refractivity contribution < 1.29 is 9.34 Å². The molecular weight excluding hydrogens is 376 g/mol. The van der Waals surface area contributed by atoms with E-state index in [9.17, 15) is 10.1 Å². The van der Waals surface area contributed by atoms with E-state index in [-0.39, 0.29) is 11.7 Å². The molecule has 1 N–H and O–H groups in total. The Hall–Kier alpha value is -2.74. The maximum Gasteiger partial charge on any atom is 0.269 e. The third kappa shape index (κ3) is 3.60. The number of halogens is 1. The number of hydrogen-bond donors (Lipinski definition) is 1. The van der Waals surface area contributed by atoms with E-state index < -0.39 is 4.92 Å². The Balaban J connectivity index is 1.74. The number of hydrogen-bond acceptors (Lipinski definition) is 6. The minimum Gasteiger partial charge on any atom is -0.418 e. The average Bonchev–Trinajstić information content (AvgIpc) is 3.07. The first kappa shape index (κ1) is 16.1. The lowest BCUT2D eigenvalue weighted by Crippen LogP contribution is -2.06. The summed E-state index contributed by atoms with van der Waals surface area (Å²) in [5, 5.41) is 22.0. The lowest BCUT2D eigenvalue weighted by Gasteiger charge is -2.11. The molecule has 0 aliphatic carbocycles. The van der Waals surface area contributed by atoms with Crippen LogP contribution in [0.4, 0.5) is 11.4 Å². The van der Waals surface area contributed by atoms with Gasteiger partial charge in [-0.25, -0.2) is 0 Å². The number of nitro groups is 1. The number of nitrogens with one attached hydrogen (secondary N) is 1. The van der Waals surface area contributed by atoms with E-state index >= 15 is 0 Å². The van der Waals surface area contributed by atoms with E-state index in [2.05, 4.69) is 31.4 Å². The fourth-order valence-electron chi connectivity index (χ4n) is 2.11. The maximum absolute atomic E-state index is 10.7. The number of non-ortho nitro benzene ring substituents is 1. The van der Waals surface area contributed by atoms with E-state index in [0.29, 0.717) is 17.3 Å². The minimum absolute atomic E-state index is 0.0174. The summed E-state index contributed by atoms with van der Waals surface area (Å²) in [5.74, 6) is 0.760. The first-order chi connectivity index (χ1) is 11.5. The zero-order valence-corrected chi connectivity index (χ0v) is 14.2. The predicted molar refractivity (Wildman–Crippen MR) is 92.6 cm³/mol. The van der Waals surface area contributed by atoms with Gasteiger partial charge in [-0.2, -0.15) is 0 Å². The molecule has 0 aliphatic rings. The Morgan fingerprint density at radius 2 is 1.79 bits per heavy atom. The second-order valence-electron chi connectivity index (χ2n) is 5.12. The van der Waals surface area contributed by atoms with Crippen LogP contribution in [0, 0.1) is 10.1 Å². The van der Waals surface area contributed by atoms with Crippen molar-refractivity contribution in [3.63, 3.8) is 0 Å². The lowest BCUT2D eigenvalue weighted by atomic mass is 10.2. The van der Waals surface area contributed by atoms with E-state index in [0.717, 1.165) is 10.2 Å². The van der Waals surface area contributed by atoms with E-state index in [1.165, 1.54) is 12.1 Å². The van der Waals surface area contributed by atoms with Crippen molar-refractivity contribution in [1.82, 2.24) is 10.2 Å². The number of nitrogens with zero attached hydrogens (tertiary/aromatic N) is 3. The number of anilines is 1. The minimum atomic E-state index is -0.451. The van der Waals surface area contributed by atoms with Gasteiger partial charge in [0.05, 0.1) is 4.92 Å². The quantitative estimate of drug-likeness (QED) is 0.507. The summed E-state index contributed by atoms with van der Waals surface area (Å²) in [5.41, 5.74) is 1.58. The molecule has 24 heavy (non-hydrogen) atoms. The van der Waals surface area contributed by atoms with Crippen molar-refractivity contribution in [3.05, 3.63) is 69.0 Å². The highest BCUT2D eigenvalue weighted by Gasteiger charge is 2.15. The van der Waals surface area contributed by atoms with Gasteiger partial charge in [0, 0.05) is 27.9 Å². The van der Waals surface area contributed by atoms with Gasteiger partial charge in [-0.3, -0.25) is 10.1 Å². The average molecular weight is 389 g/mol. The lowest BCUT2D eigenvalue weighted by molar-refractivity contribution is -0.384. The van der Waals surface area contributed by atoms with Crippen LogP contribution in [0.25, 0.3) is 11.5 Å². The van der Waals surface area contributed by atoms with Crippen LogP contribution in [-0.2, 0) is 0 Å². The van der Waals surface area contributed by atoms with Gasteiger partial charge < -0.3 is 9.73 Å². The van der Waals surface area contributed by atoms with Crippen LogP contribution in [0.5, 0.6) is 0 Å². The van der Waals surface area contributed by atoms with Crippen molar-refractivity contribution in [1.29, 1.82) is 0 Å². The maximum atomic E-state index is 10.7. The van der Waals surface area contributed by atoms with Crippen molar-refractivity contribution in [2.24, 2.45) is 0 Å². The van der Waals surface area contributed by atoms with Gasteiger partial charge in [0.2, 0.25) is 11.8 Å². The SMILES string of the molecule is C[C@@H](Nc1ccc(Br)cc1)c1nnc(-c2ccc([N+](=O)[O-])cc2)o1. The molecule has 1 heterocycles. The number of nitro benzene ring substituents is 1. The molecule has 0 aliphatic heterocycles. The largest absolute Gasteiger partial charge is 0.418 e. The summed E-state index contributed by atoms with van der Waals surface area (Å²) in [6.07, 6.45) is 0. The van der Waals surface area contributed by atoms with Crippen LogP contribution in [0.15, 0.2) is 57.4 Å². The first-order valence-corrected chi connectivity index (χ1v) is 7.92. The number of aromatic nitrogens is 2. The summed E-state index contributed by atoms with van der Waals surface area (Å²) in [7, 11) is 0. The van der Waals surface area contributed by atoms with Gasteiger partial charge in [0.15, 0.2) is 0 Å². The molecule has 1 atom stereocenters. The van der Waals surface area contributed by atoms with Gasteiger partial charge in [-0.05, 0) is 43.3 Å². The Morgan fingerprint density at radius 3 is 2.42 bits per heavy atom. The smallest absolute Gasteiger partial charge is 0.269 e. The Morgan fingerprint density at radius 1 is 1.12 bits per heavy atom. The van der Waals surface area contributed by atoms with Crippen LogP contribution >= 0.6 is 15.9 Å². The summed E-state index contributed by atoms with van der Waals surface area (Å²) < 4.78 is 6.66. The standard InChI is InChI=1S/C16H13BrN4O3/c1-10(18-13-6-4-12(17)5-7-13)15-19-20-16(24-15)11-2-8-14(9-3-11)21(22)23/h2-10,18H,1H3/t10-/m1/s1. The molecule has 0 amide bonds. The molecule has 0 fully saturated rings. The fourth-order valence-corrected chi connectivity index (χ4v) is 2.37. The molecule has 0 radical (unpaired) electrons. The van der Waals surface area contributed by atoms with Crippen LogP contribution in [-0.4, -0.2) is 15.1 Å². The van der Waals surface area contributed by atoms with E-state index in [1.807, 2.05) is 31.2 Å². The van der Waals surface area contributed by atoms with Crippen molar-refractivity contribution >= 4 is 27.3 Å². The Bertz CT molecular complexity index is 847. The molecule has 3 aromatic rings. The molecule has 7 nitrogen and oxygen atoms in total. The fraction of sp³-hybridized carbons (Fsp3) is 0.125. The third-order valence-corrected chi connectivity index (χ3v) is 3.89. The highest BCUT2D eigenvalue weighted by Crippen LogP contribution is 2.25. The van der Waals surface area contributed by atoms with Crippen LogP contribution < -0.4 is 5.32 Å². The summed E-state index contributed by atoms with van der Waals surface area (Å²) in [4.78, 5) is 10.2. The van der Waals surface area contributed by atoms with E-state index in [4.69, 9.17) is 4.42 Å². The van der Waals surface area contributed by atoms with Gasteiger partial charge in [0.1, 0.15) is 6.04 Å². The second kappa shape index (κ2) is 6.79. The van der Waals surface area contributed by atoms with Gasteiger partial charge in [-0.1, -0.05) is 15.9 Å². The molecular formula is C16H13BrN4O3. The van der Waals surface area contributed by atoms with Crippen LogP contribution in [0.3, 0.4) is 0 Å². The first-order valence-electron chi connectivity index (χ1n) is 7.13. The molecule has 0 saturated carbocycles. The zero-order valence-electron chi connectivity index (χ0n) is 12.6. The van der Waals surface area contributed by atoms with Crippen LogP contribution in [0.1, 0.15) is 18.9 Å². The highest BCUT2D eigenvalue weighted by atomic mass is 79.9. The topological polar surface area (TPSA) is 94.1 Å². The second-order valence-corrected chi connectivity index (χ2v) is 6.04. The van der Waals surface area contributed by atoms with Crippen molar-refractivity contribution in [2.45, 2.75) is 13.0 Å². The number of benzene rings is 2. The van der Waals surface area contributed by atoms with E-state index in [1.54, 1.807) is 12.1 Å². The monoisotopic (exact) mass is 388 g/mol. The highest BCUT2D eigenvalue weighted by molar-refractivity contribution is 9.10. The molecule has 8 heteroatoms. The van der Waals surface area contributed by atoms with Gasteiger partial charge >= 0.3 is 0 Å². The molecule has 0 spiro atoms.